The van der Waals surface area contributed by atoms with Gasteiger partial charge in [-0.2, -0.15) is 5.10 Å². The number of aromatic nitrogens is 7. The van der Waals surface area contributed by atoms with Crippen molar-refractivity contribution in [3.8, 4) is 33.3 Å². The van der Waals surface area contributed by atoms with Gasteiger partial charge in [-0.1, -0.05) is 12.8 Å². The lowest BCUT2D eigenvalue weighted by molar-refractivity contribution is -0.119. The maximum atomic E-state index is 12.6. The Labute approximate surface area is 221 Å². The highest BCUT2D eigenvalue weighted by Crippen LogP contribution is 2.33. The van der Waals surface area contributed by atoms with Crippen LogP contribution in [0.3, 0.4) is 0 Å². The average Bonchev–Trinajstić information content (AvgIpc) is 3.74. The number of pyridine rings is 3. The molecule has 9 nitrogen and oxygen atoms in total. The summed E-state index contributed by atoms with van der Waals surface area (Å²) in [7, 11) is 0. The number of rotatable bonds is 5. The number of nitrogens with one attached hydrogen (secondary N) is 3. The zero-order chi connectivity index (χ0) is 25.6. The molecule has 188 valence electrons. The van der Waals surface area contributed by atoms with E-state index in [1.54, 1.807) is 29.9 Å². The predicted octanol–water partition coefficient (Wildman–Crippen LogP) is 6.12. The van der Waals surface area contributed by atoms with Crippen LogP contribution in [0.2, 0.25) is 0 Å². The average molecular weight is 521 g/mol. The Hall–Kier alpha value is -4.44. The molecule has 0 aromatic carbocycles. The number of imidazole rings is 1. The molecule has 0 bridgehead atoms. The monoisotopic (exact) mass is 520 g/mol. The summed E-state index contributed by atoms with van der Waals surface area (Å²) in [4.78, 5) is 37.1. The summed E-state index contributed by atoms with van der Waals surface area (Å²) >= 11 is 1.69. The number of hydrogen-bond acceptors (Lipinski definition) is 7. The zero-order valence-electron chi connectivity index (χ0n) is 20.7. The number of hydrogen-bond donors (Lipinski definition) is 3. The first-order valence-corrected chi connectivity index (χ1v) is 13.5. The van der Waals surface area contributed by atoms with Crippen LogP contribution in [0, 0.1) is 12.8 Å². The van der Waals surface area contributed by atoms with Crippen molar-refractivity contribution >= 4 is 45.0 Å². The largest absolute Gasteiger partial charge is 0.336 e. The third kappa shape index (κ3) is 4.03. The van der Waals surface area contributed by atoms with E-state index >= 15 is 0 Å². The molecule has 0 spiro atoms. The highest BCUT2D eigenvalue weighted by atomic mass is 32.1. The number of nitrogens with zero attached hydrogens (tertiary/aromatic N) is 5. The Kier molecular flexibility index (Phi) is 5.47. The molecule has 7 rings (SSSR count). The van der Waals surface area contributed by atoms with Gasteiger partial charge in [-0.25, -0.2) is 9.97 Å². The first-order chi connectivity index (χ1) is 18.6. The minimum absolute atomic E-state index is 0.0680. The molecule has 1 saturated carbocycles. The number of aryl methyl sites for hydroxylation is 1. The topological polar surface area (TPSA) is 125 Å². The second-order valence-electron chi connectivity index (χ2n) is 9.65. The van der Waals surface area contributed by atoms with E-state index in [0.717, 1.165) is 64.1 Å². The molecule has 1 amide bonds. The molecule has 0 saturated heterocycles. The fourth-order valence-corrected chi connectivity index (χ4v) is 5.96. The number of anilines is 1. The summed E-state index contributed by atoms with van der Waals surface area (Å²) < 4.78 is 0. The van der Waals surface area contributed by atoms with Crippen LogP contribution in [-0.2, 0) is 4.79 Å². The van der Waals surface area contributed by atoms with Gasteiger partial charge in [0, 0.05) is 28.8 Å². The van der Waals surface area contributed by atoms with Gasteiger partial charge in [0.25, 0.3) is 0 Å². The predicted molar refractivity (Wildman–Crippen MR) is 149 cm³/mol. The Bertz CT molecular complexity index is 1810. The second kappa shape index (κ2) is 9.14. The Balaban J connectivity index is 1.24. The van der Waals surface area contributed by atoms with E-state index < -0.39 is 0 Å². The summed E-state index contributed by atoms with van der Waals surface area (Å²) in [6.45, 7) is 2.08. The quantitative estimate of drug-likeness (QED) is 0.251. The van der Waals surface area contributed by atoms with Crippen molar-refractivity contribution in [3.05, 3.63) is 59.9 Å². The SMILES string of the molecule is Cc1ccc(-c2nccc3[nH]c(-c4n[nH]c5ccc(-c6cncc(NC(=O)C7CCCC7)c6)nc45)nc23)s1. The first kappa shape index (κ1) is 22.7. The summed E-state index contributed by atoms with van der Waals surface area (Å²) in [5, 5.41) is 10.6. The number of H-pyrrole nitrogens is 2. The molecule has 38 heavy (non-hydrogen) atoms. The number of fused-ring (bicyclic) bond motifs is 2. The number of carbonyl (C=O) groups excluding carboxylic acids is 1. The molecule has 0 unspecified atom stereocenters. The normalized spacial score (nSPS) is 14.0. The van der Waals surface area contributed by atoms with Crippen LogP contribution in [0.15, 0.2) is 55.0 Å². The van der Waals surface area contributed by atoms with Gasteiger partial charge >= 0.3 is 0 Å². The molecule has 0 atom stereocenters. The highest BCUT2D eigenvalue weighted by molar-refractivity contribution is 7.15. The van der Waals surface area contributed by atoms with E-state index in [2.05, 4.69) is 49.5 Å². The van der Waals surface area contributed by atoms with Gasteiger partial charge in [-0.3, -0.25) is 19.9 Å². The van der Waals surface area contributed by atoms with Crippen molar-refractivity contribution < 1.29 is 4.79 Å². The third-order valence-electron chi connectivity index (χ3n) is 7.03. The number of carbonyl (C=O) groups is 1. The van der Waals surface area contributed by atoms with Gasteiger partial charge in [0.2, 0.25) is 5.91 Å². The standard InChI is InChI=1S/C28H24N8OS/c1-15-6-9-22(38-15)25-23-20(10-11-30-25)33-27(34-23)26-24-21(35-36-26)8-7-19(32-24)17-12-18(14-29-13-17)31-28(37)16-4-2-3-5-16/h6-14,16H,2-5H2,1H3,(H,31,37)(H,33,34)(H,35,36). The van der Waals surface area contributed by atoms with Crippen molar-refractivity contribution in [2.75, 3.05) is 5.32 Å². The molecule has 0 radical (unpaired) electrons. The van der Waals surface area contributed by atoms with E-state index in [1.165, 1.54) is 4.88 Å². The van der Waals surface area contributed by atoms with Gasteiger partial charge in [0.05, 0.1) is 33.5 Å². The van der Waals surface area contributed by atoms with E-state index in [9.17, 15) is 4.79 Å². The van der Waals surface area contributed by atoms with E-state index in [0.29, 0.717) is 22.7 Å². The fraction of sp³-hybridized carbons (Fsp3) is 0.214. The van der Waals surface area contributed by atoms with Gasteiger partial charge in [0.1, 0.15) is 16.7 Å². The second-order valence-corrected chi connectivity index (χ2v) is 10.9. The van der Waals surface area contributed by atoms with E-state index in [-0.39, 0.29) is 11.8 Å². The summed E-state index contributed by atoms with van der Waals surface area (Å²) in [6.07, 6.45) is 9.35. The lowest BCUT2D eigenvalue weighted by Gasteiger charge is -2.11. The number of thiophene rings is 1. The van der Waals surface area contributed by atoms with Crippen LogP contribution in [0.25, 0.3) is 55.4 Å². The molecule has 3 N–H and O–H groups in total. The summed E-state index contributed by atoms with van der Waals surface area (Å²) in [5.74, 6) is 0.776. The van der Waals surface area contributed by atoms with Gasteiger partial charge in [-0.15, -0.1) is 11.3 Å². The van der Waals surface area contributed by atoms with Crippen molar-refractivity contribution in [1.29, 1.82) is 0 Å². The van der Waals surface area contributed by atoms with Gasteiger partial charge in [-0.05, 0) is 56.2 Å². The Morgan fingerprint density at radius 1 is 1.00 bits per heavy atom. The lowest BCUT2D eigenvalue weighted by Crippen LogP contribution is -2.20. The number of aromatic amines is 2. The summed E-state index contributed by atoms with van der Waals surface area (Å²) in [5.41, 5.74) is 6.88. The van der Waals surface area contributed by atoms with Crippen LogP contribution in [-0.4, -0.2) is 41.0 Å². The third-order valence-corrected chi connectivity index (χ3v) is 8.04. The number of amides is 1. The van der Waals surface area contributed by atoms with Crippen LogP contribution >= 0.6 is 11.3 Å². The molecule has 1 fully saturated rings. The lowest BCUT2D eigenvalue weighted by atomic mass is 10.1. The first-order valence-electron chi connectivity index (χ1n) is 12.7. The summed E-state index contributed by atoms with van der Waals surface area (Å²) in [6, 6.07) is 11.9. The maximum Gasteiger partial charge on any atom is 0.227 e. The van der Waals surface area contributed by atoms with E-state index in [4.69, 9.17) is 9.97 Å². The molecular weight excluding hydrogens is 496 g/mol. The Morgan fingerprint density at radius 2 is 1.87 bits per heavy atom. The van der Waals surface area contributed by atoms with Crippen molar-refractivity contribution in [1.82, 2.24) is 35.1 Å². The minimum Gasteiger partial charge on any atom is -0.336 e. The fourth-order valence-electron chi connectivity index (χ4n) is 5.10. The highest BCUT2D eigenvalue weighted by Gasteiger charge is 2.23. The molecule has 6 aromatic heterocycles. The van der Waals surface area contributed by atoms with E-state index in [1.807, 2.05) is 24.3 Å². The van der Waals surface area contributed by atoms with Crippen LogP contribution < -0.4 is 5.32 Å². The molecule has 6 heterocycles. The minimum atomic E-state index is 0.0680. The molecule has 1 aliphatic rings. The van der Waals surface area contributed by atoms with Gasteiger partial charge in [0.15, 0.2) is 11.5 Å². The van der Waals surface area contributed by atoms with Crippen LogP contribution in [0.1, 0.15) is 30.6 Å². The van der Waals surface area contributed by atoms with Gasteiger partial charge < -0.3 is 10.3 Å². The molecule has 0 aliphatic heterocycles. The van der Waals surface area contributed by atoms with Crippen molar-refractivity contribution in [2.45, 2.75) is 32.6 Å². The molecule has 10 heteroatoms. The molecular formula is C28H24N8OS. The van der Waals surface area contributed by atoms with Crippen LogP contribution in [0.5, 0.6) is 0 Å². The smallest absolute Gasteiger partial charge is 0.227 e. The van der Waals surface area contributed by atoms with Crippen molar-refractivity contribution in [2.24, 2.45) is 5.92 Å². The van der Waals surface area contributed by atoms with Crippen molar-refractivity contribution in [3.63, 3.8) is 0 Å². The molecule has 1 aliphatic carbocycles. The molecule has 6 aromatic rings. The van der Waals surface area contributed by atoms with Crippen LogP contribution in [0.4, 0.5) is 5.69 Å². The maximum absolute atomic E-state index is 12.6. The zero-order valence-corrected chi connectivity index (χ0v) is 21.5. The Morgan fingerprint density at radius 3 is 2.71 bits per heavy atom.